The number of pyridine rings is 1. The SMILES string of the molecule is COCCC1(CNC(=O)Nc2ccc(C#N)cn2)CC1. The topological polar surface area (TPSA) is 87.0 Å². The van der Waals surface area contributed by atoms with Crippen LogP contribution < -0.4 is 10.6 Å². The summed E-state index contributed by atoms with van der Waals surface area (Å²) >= 11 is 0. The van der Waals surface area contributed by atoms with Gasteiger partial charge in [0.05, 0.1) is 5.56 Å². The number of nitrogens with one attached hydrogen (secondary N) is 2. The zero-order valence-corrected chi connectivity index (χ0v) is 11.5. The first-order valence-electron chi connectivity index (χ1n) is 6.57. The average molecular weight is 274 g/mol. The Labute approximate surface area is 118 Å². The predicted molar refractivity (Wildman–Crippen MR) is 74.1 cm³/mol. The minimum atomic E-state index is -0.272. The van der Waals surface area contributed by atoms with Crippen molar-refractivity contribution in [2.24, 2.45) is 5.41 Å². The van der Waals surface area contributed by atoms with E-state index >= 15 is 0 Å². The number of urea groups is 1. The molecule has 106 valence electrons. The summed E-state index contributed by atoms with van der Waals surface area (Å²) in [4.78, 5) is 15.7. The first kappa shape index (κ1) is 14.3. The van der Waals surface area contributed by atoms with Gasteiger partial charge in [-0.2, -0.15) is 5.26 Å². The van der Waals surface area contributed by atoms with E-state index in [-0.39, 0.29) is 11.4 Å². The quantitative estimate of drug-likeness (QED) is 0.829. The van der Waals surface area contributed by atoms with Crippen molar-refractivity contribution in [2.75, 3.05) is 25.6 Å². The number of carbonyl (C=O) groups is 1. The third-order valence-corrected chi connectivity index (χ3v) is 3.55. The predicted octanol–water partition coefficient (Wildman–Crippen LogP) is 1.89. The number of methoxy groups -OCH3 is 1. The maximum Gasteiger partial charge on any atom is 0.320 e. The molecule has 0 bridgehead atoms. The van der Waals surface area contributed by atoms with Gasteiger partial charge in [0.1, 0.15) is 11.9 Å². The second-order valence-corrected chi connectivity index (χ2v) is 5.09. The number of hydrogen-bond acceptors (Lipinski definition) is 4. The van der Waals surface area contributed by atoms with Crippen LogP contribution in [0.3, 0.4) is 0 Å². The van der Waals surface area contributed by atoms with Crippen molar-refractivity contribution >= 4 is 11.8 Å². The number of hydrogen-bond donors (Lipinski definition) is 2. The lowest BCUT2D eigenvalue weighted by Crippen LogP contribution is -2.34. The molecule has 0 aromatic carbocycles. The summed E-state index contributed by atoms with van der Waals surface area (Å²) in [7, 11) is 1.69. The largest absolute Gasteiger partial charge is 0.385 e. The molecule has 2 rings (SSSR count). The van der Waals surface area contributed by atoms with Gasteiger partial charge in [0.15, 0.2) is 0 Å². The van der Waals surface area contributed by atoms with Crippen molar-refractivity contribution in [3.05, 3.63) is 23.9 Å². The maximum atomic E-state index is 11.8. The summed E-state index contributed by atoms with van der Waals surface area (Å²) in [6.45, 7) is 1.37. The lowest BCUT2D eigenvalue weighted by Gasteiger charge is -2.15. The first-order valence-corrected chi connectivity index (χ1v) is 6.57. The van der Waals surface area contributed by atoms with Gasteiger partial charge < -0.3 is 10.1 Å². The highest BCUT2D eigenvalue weighted by Crippen LogP contribution is 2.48. The van der Waals surface area contributed by atoms with Crippen LogP contribution >= 0.6 is 0 Å². The Bertz CT molecular complexity index is 503. The molecule has 20 heavy (non-hydrogen) atoms. The molecule has 1 aliphatic rings. The molecule has 1 saturated carbocycles. The summed E-state index contributed by atoms with van der Waals surface area (Å²) in [6.07, 6.45) is 4.66. The van der Waals surface area contributed by atoms with Crippen molar-refractivity contribution < 1.29 is 9.53 Å². The summed E-state index contributed by atoms with van der Waals surface area (Å²) < 4.78 is 5.08. The number of nitrogens with zero attached hydrogens (tertiary/aromatic N) is 2. The highest BCUT2D eigenvalue weighted by Gasteiger charge is 2.42. The number of carbonyl (C=O) groups excluding carboxylic acids is 1. The van der Waals surface area contributed by atoms with Crippen LogP contribution in [-0.4, -0.2) is 31.3 Å². The van der Waals surface area contributed by atoms with E-state index in [1.54, 1.807) is 19.2 Å². The van der Waals surface area contributed by atoms with Crippen LogP contribution in [0.4, 0.5) is 10.6 Å². The van der Waals surface area contributed by atoms with E-state index in [4.69, 9.17) is 10.00 Å². The molecule has 1 aromatic rings. The molecule has 6 heteroatoms. The number of anilines is 1. The standard InChI is InChI=1S/C14H18N4O2/c1-20-7-6-14(4-5-14)10-17-13(19)18-12-3-2-11(8-15)9-16-12/h2-3,9H,4-7,10H2,1H3,(H2,16,17,18,19). The van der Waals surface area contributed by atoms with Gasteiger partial charge in [0.25, 0.3) is 0 Å². The fourth-order valence-corrected chi connectivity index (χ4v) is 1.97. The molecular formula is C14H18N4O2. The molecule has 1 fully saturated rings. The Kier molecular flexibility index (Phi) is 4.53. The van der Waals surface area contributed by atoms with Gasteiger partial charge in [-0.3, -0.25) is 5.32 Å². The van der Waals surface area contributed by atoms with Crippen LogP contribution in [0.25, 0.3) is 0 Å². The highest BCUT2D eigenvalue weighted by molar-refractivity contribution is 5.88. The van der Waals surface area contributed by atoms with Crippen LogP contribution in [0.5, 0.6) is 0 Å². The Hall–Kier alpha value is -2.13. The van der Waals surface area contributed by atoms with Crippen molar-refractivity contribution in [2.45, 2.75) is 19.3 Å². The van der Waals surface area contributed by atoms with Crippen molar-refractivity contribution in [3.63, 3.8) is 0 Å². The molecule has 0 saturated heterocycles. The van der Waals surface area contributed by atoms with E-state index in [9.17, 15) is 4.79 Å². The number of rotatable bonds is 6. The summed E-state index contributed by atoms with van der Waals surface area (Å²) in [5.74, 6) is 0.434. The molecule has 6 nitrogen and oxygen atoms in total. The normalized spacial score (nSPS) is 15.2. The van der Waals surface area contributed by atoms with Gasteiger partial charge in [-0.05, 0) is 36.8 Å². The van der Waals surface area contributed by atoms with Gasteiger partial charge >= 0.3 is 6.03 Å². The maximum absolute atomic E-state index is 11.8. The molecule has 2 amide bonds. The Morgan fingerprint density at radius 2 is 2.35 bits per heavy atom. The molecule has 2 N–H and O–H groups in total. The smallest absolute Gasteiger partial charge is 0.320 e. The Morgan fingerprint density at radius 3 is 2.90 bits per heavy atom. The van der Waals surface area contributed by atoms with E-state index in [1.165, 1.54) is 6.20 Å². The molecule has 0 atom stereocenters. The van der Waals surface area contributed by atoms with Gasteiger partial charge in [0, 0.05) is 26.5 Å². The van der Waals surface area contributed by atoms with Crippen LogP contribution in [0.15, 0.2) is 18.3 Å². The minimum absolute atomic E-state index is 0.214. The third-order valence-electron chi connectivity index (χ3n) is 3.55. The number of aromatic nitrogens is 1. The van der Waals surface area contributed by atoms with Crippen LogP contribution in [-0.2, 0) is 4.74 Å². The van der Waals surface area contributed by atoms with Gasteiger partial charge in [-0.25, -0.2) is 9.78 Å². The zero-order chi connectivity index (χ0) is 14.4. The number of ether oxygens (including phenoxy) is 1. The van der Waals surface area contributed by atoms with E-state index in [2.05, 4.69) is 15.6 Å². The van der Waals surface area contributed by atoms with Crippen LogP contribution in [0, 0.1) is 16.7 Å². The monoisotopic (exact) mass is 274 g/mol. The molecule has 1 aromatic heterocycles. The van der Waals surface area contributed by atoms with E-state index < -0.39 is 0 Å². The molecular weight excluding hydrogens is 256 g/mol. The average Bonchev–Trinajstić information content (AvgIpc) is 3.24. The first-order chi connectivity index (χ1) is 9.67. The molecule has 0 unspecified atom stereocenters. The second kappa shape index (κ2) is 6.35. The molecule has 0 aliphatic heterocycles. The Balaban J connectivity index is 1.76. The van der Waals surface area contributed by atoms with Crippen molar-refractivity contribution in [1.29, 1.82) is 5.26 Å². The minimum Gasteiger partial charge on any atom is -0.385 e. The van der Waals surface area contributed by atoms with Gasteiger partial charge in [-0.1, -0.05) is 0 Å². The lowest BCUT2D eigenvalue weighted by molar-refractivity contribution is 0.171. The Morgan fingerprint density at radius 1 is 1.55 bits per heavy atom. The van der Waals surface area contributed by atoms with E-state index in [1.807, 2.05) is 6.07 Å². The van der Waals surface area contributed by atoms with E-state index in [0.29, 0.717) is 17.9 Å². The summed E-state index contributed by atoms with van der Waals surface area (Å²) in [5.41, 5.74) is 0.679. The van der Waals surface area contributed by atoms with Gasteiger partial charge in [-0.15, -0.1) is 0 Å². The summed E-state index contributed by atoms with van der Waals surface area (Å²) in [6, 6.07) is 4.93. The van der Waals surface area contributed by atoms with Crippen LogP contribution in [0.1, 0.15) is 24.8 Å². The summed E-state index contributed by atoms with van der Waals surface area (Å²) in [5, 5.41) is 14.2. The number of amides is 2. The molecule has 0 radical (unpaired) electrons. The highest BCUT2D eigenvalue weighted by atomic mass is 16.5. The van der Waals surface area contributed by atoms with Crippen molar-refractivity contribution in [1.82, 2.24) is 10.3 Å². The fraction of sp³-hybridized carbons (Fsp3) is 0.500. The van der Waals surface area contributed by atoms with E-state index in [0.717, 1.165) is 25.9 Å². The van der Waals surface area contributed by atoms with Crippen LogP contribution in [0.2, 0.25) is 0 Å². The zero-order valence-electron chi connectivity index (χ0n) is 11.5. The second-order valence-electron chi connectivity index (χ2n) is 5.09. The molecule has 1 heterocycles. The third kappa shape index (κ3) is 3.93. The van der Waals surface area contributed by atoms with Crippen molar-refractivity contribution in [3.8, 4) is 6.07 Å². The lowest BCUT2D eigenvalue weighted by atomic mass is 10.0. The van der Waals surface area contributed by atoms with Gasteiger partial charge in [0.2, 0.25) is 0 Å². The molecule has 0 spiro atoms. The molecule has 1 aliphatic carbocycles. The fourth-order valence-electron chi connectivity index (χ4n) is 1.97. The number of nitriles is 1.